The fourth-order valence-corrected chi connectivity index (χ4v) is 4.66. The highest BCUT2D eigenvalue weighted by Gasteiger charge is 2.43. The monoisotopic (exact) mass is 498 g/mol. The van der Waals surface area contributed by atoms with Gasteiger partial charge in [-0.2, -0.15) is 0 Å². The number of ether oxygens (including phenoxy) is 1. The van der Waals surface area contributed by atoms with Gasteiger partial charge < -0.3 is 18.7 Å². The molecule has 0 bridgehead atoms. The Morgan fingerprint density at radius 2 is 1.26 bits per heavy atom. The third kappa shape index (κ3) is 2.92. The van der Waals surface area contributed by atoms with Crippen LogP contribution in [0.3, 0.4) is 0 Å². The molecule has 156 valence electrons. The first kappa shape index (κ1) is 20.2. The summed E-state index contributed by atoms with van der Waals surface area (Å²) in [6, 6.07) is 5.36. The number of carbonyl (C=O) groups is 1. The fraction of sp³-hybridized carbons (Fsp3) is 0.0500. The van der Waals surface area contributed by atoms with Crippen molar-refractivity contribution in [2.24, 2.45) is 0 Å². The van der Waals surface area contributed by atoms with Gasteiger partial charge in [0.15, 0.2) is 16.9 Å². The maximum atomic E-state index is 12.8. The van der Waals surface area contributed by atoms with E-state index in [1.807, 2.05) is 0 Å². The summed E-state index contributed by atoms with van der Waals surface area (Å²) in [5.74, 6) is -3.42. The van der Waals surface area contributed by atoms with Crippen molar-refractivity contribution in [3.8, 4) is 11.5 Å². The van der Waals surface area contributed by atoms with Crippen LogP contribution in [0.4, 0.5) is 0 Å². The molecule has 7 nitrogen and oxygen atoms in total. The van der Waals surface area contributed by atoms with Gasteiger partial charge >= 0.3 is 17.2 Å². The number of carbonyl (C=O) groups excluding carboxylic acids is 1. The molecule has 1 N–H and O–H groups in total. The van der Waals surface area contributed by atoms with Gasteiger partial charge in [0.05, 0.1) is 26.4 Å². The normalized spacial score (nSPS) is 15.5. The van der Waals surface area contributed by atoms with Gasteiger partial charge in [0.2, 0.25) is 0 Å². The molecular weight excluding hydrogens is 494 g/mol. The maximum absolute atomic E-state index is 12.8. The van der Waals surface area contributed by atoms with Crippen LogP contribution in [0.25, 0.3) is 21.9 Å². The summed E-state index contributed by atoms with van der Waals surface area (Å²) < 4.78 is 15.8. The van der Waals surface area contributed by atoms with E-state index < -0.39 is 34.5 Å². The van der Waals surface area contributed by atoms with Crippen LogP contribution in [0.15, 0.2) is 42.7 Å². The van der Waals surface area contributed by atoms with Gasteiger partial charge in [-0.3, -0.25) is 4.79 Å². The topological polar surface area (TPSA) is 107 Å². The van der Waals surface area contributed by atoms with Crippen LogP contribution in [0, 0.1) is 0 Å². The highest BCUT2D eigenvalue weighted by Crippen LogP contribution is 2.46. The largest absolute Gasteiger partial charge is 0.507 e. The quantitative estimate of drug-likeness (QED) is 0.281. The molecule has 0 saturated carbocycles. The average molecular weight is 500 g/mol. The van der Waals surface area contributed by atoms with Crippen LogP contribution in [0.5, 0.6) is 11.5 Å². The van der Waals surface area contributed by atoms with Crippen molar-refractivity contribution in [3.63, 3.8) is 0 Å². The summed E-state index contributed by atoms with van der Waals surface area (Å²) in [6.45, 7) is 0. The number of halogens is 4. The van der Waals surface area contributed by atoms with Crippen molar-refractivity contribution in [1.29, 1.82) is 0 Å². The van der Waals surface area contributed by atoms with Crippen molar-refractivity contribution < 1.29 is 23.5 Å². The van der Waals surface area contributed by atoms with Crippen LogP contribution < -0.4 is 16.0 Å². The van der Waals surface area contributed by atoms with Gasteiger partial charge in [-0.25, -0.2) is 9.59 Å². The minimum absolute atomic E-state index is 0.0226. The van der Waals surface area contributed by atoms with E-state index in [1.165, 1.54) is 24.3 Å². The molecule has 1 atom stereocenters. The Bertz CT molecular complexity index is 1590. The molecule has 1 aliphatic rings. The number of rotatable bonds is 1. The summed E-state index contributed by atoms with van der Waals surface area (Å²) in [5, 5.41) is 11.3. The lowest BCUT2D eigenvalue weighted by atomic mass is 9.92. The first-order valence-electron chi connectivity index (χ1n) is 8.49. The third-order valence-electron chi connectivity index (χ3n) is 4.86. The highest BCUT2D eigenvalue weighted by atomic mass is 35.5. The van der Waals surface area contributed by atoms with E-state index in [1.54, 1.807) is 0 Å². The molecule has 31 heavy (non-hydrogen) atoms. The molecule has 0 aliphatic carbocycles. The lowest BCUT2D eigenvalue weighted by molar-refractivity contribution is -0.133. The summed E-state index contributed by atoms with van der Waals surface area (Å²) in [4.78, 5) is 38.2. The number of benzene rings is 2. The minimum atomic E-state index is -1.62. The highest BCUT2D eigenvalue weighted by molar-refractivity contribution is 6.39. The zero-order valence-corrected chi connectivity index (χ0v) is 17.8. The molecule has 4 aromatic rings. The lowest BCUT2D eigenvalue weighted by Crippen LogP contribution is -2.22. The zero-order chi connectivity index (χ0) is 22.2. The van der Waals surface area contributed by atoms with E-state index in [2.05, 4.69) is 0 Å². The molecule has 3 heterocycles. The molecule has 0 saturated heterocycles. The Kier molecular flexibility index (Phi) is 4.50. The second-order valence-corrected chi connectivity index (χ2v) is 8.35. The van der Waals surface area contributed by atoms with Crippen LogP contribution in [0.2, 0.25) is 20.1 Å². The number of aromatic hydroxyl groups is 1. The van der Waals surface area contributed by atoms with Crippen LogP contribution >= 0.6 is 46.4 Å². The molecule has 1 aliphatic heterocycles. The van der Waals surface area contributed by atoms with E-state index in [0.29, 0.717) is 0 Å². The number of fused-ring (bicyclic) bond motifs is 4. The Balaban J connectivity index is 1.87. The number of hydrogen-bond donors (Lipinski definition) is 1. The second-order valence-electron chi connectivity index (χ2n) is 6.67. The summed E-state index contributed by atoms with van der Waals surface area (Å²) in [6.07, 6.45) is 0. The van der Waals surface area contributed by atoms with Gasteiger partial charge in [-0.15, -0.1) is 0 Å². The number of hydrogen-bond acceptors (Lipinski definition) is 7. The van der Waals surface area contributed by atoms with Crippen LogP contribution in [0.1, 0.15) is 17.0 Å². The van der Waals surface area contributed by atoms with Gasteiger partial charge in [0.1, 0.15) is 17.2 Å². The minimum Gasteiger partial charge on any atom is -0.507 e. The molecule has 2 aromatic carbocycles. The molecule has 1 unspecified atom stereocenters. The van der Waals surface area contributed by atoms with E-state index in [4.69, 9.17) is 60.0 Å². The standard InChI is InChI=1S/C20H6Cl4O7/c21-5-1-7-14(25)12(19(27)29-15(7)9(23)3-5)11-13-17(31-18(11)26)8-2-6(22)4-10(24)16(8)30-20(13)28/h1-4,11,25H. The first-order chi connectivity index (χ1) is 14.7. The van der Waals surface area contributed by atoms with Gasteiger partial charge in [-0.05, 0) is 24.3 Å². The van der Waals surface area contributed by atoms with Crippen molar-refractivity contribution in [1.82, 2.24) is 0 Å². The predicted molar refractivity (Wildman–Crippen MR) is 114 cm³/mol. The van der Waals surface area contributed by atoms with E-state index in [-0.39, 0.29) is 53.3 Å². The summed E-state index contributed by atoms with van der Waals surface area (Å²) >= 11 is 24.1. The van der Waals surface area contributed by atoms with Crippen molar-refractivity contribution in [3.05, 3.63) is 76.3 Å². The molecule has 0 spiro atoms. The second kappa shape index (κ2) is 6.90. The molecular formula is C20H6Cl4O7. The van der Waals surface area contributed by atoms with Gasteiger partial charge in [0, 0.05) is 10.0 Å². The van der Waals surface area contributed by atoms with Gasteiger partial charge in [-0.1, -0.05) is 46.4 Å². The maximum Gasteiger partial charge on any atom is 0.344 e. The SMILES string of the molecule is O=C1Oc2c(c(=O)oc3c(Cl)cc(Cl)cc23)C1c1c(O)c2cc(Cl)cc(Cl)c2oc1=O. The Morgan fingerprint density at radius 1 is 0.742 bits per heavy atom. The van der Waals surface area contributed by atoms with Crippen molar-refractivity contribution in [2.45, 2.75) is 5.92 Å². The van der Waals surface area contributed by atoms with E-state index in [0.717, 1.165) is 0 Å². The predicted octanol–water partition coefficient (Wildman–Crippen LogP) is 5.27. The first-order valence-corrected chi connectivity index (χ1v) is 10.0. The van der Waals surface area contributed by atoms with E-state index >= 15 is 0 Å². The lowest BCUT2D eigenvalue weighted by Gasteiger charge is -2.11. The average Bonchev–Trinajstić information content (AvgIpc) is 3.02. The zero-order valence-electron chi connectivity index (χ0n) is 14.8. The fourth-order valence-electron chi connectivity index (χ4n) is 3.60. The van der Waals surface area contributed by atoms with Crippen molar-refractivity contribution >= 4 is 74.3 Å². The molecule has 2 aromatic heterocycles. The Hall–Kier alpha value is -2.71. The van der Waals surface area contributed by atoms with Crippen LogP contribution in [-0.2, 0) is 4.79 Å². The Morgan fingerprint density at radius 3 is 1.87 bits per heavy atom. The molecule has 11 heteroatoms. The van der Waals surface area contributed by atoms with E-state index in [9.17, 15) is 19.5 Å². The van der Waals surface area contributed by atoms with Crippen molar-refractivity contribution in [2.75, 3.05) is 0 Å². The summed E-state index contributed by atoms with van der Waals surface area (Å²) in [5.41, 5.74) is -3.07. The molecule has 0 radical (unpaired) electrons. The smallest absolute Gasteiger partial charge is 0.344 e. The number of esters is 1. The Labute approximate surface area is 191 Å². The molecule has 0 fully saturated rings. The van der Waals surface area contributed by atoms with Crippen LogP contribution in [-0.4, -0.2) is 11.1 Å². The molecule has 5 rings (SSSR count). The summed E-state index contributed by atoms with van der Waals surface area (Å²) in [7, 11) is 0. The van der Waals surface area contributed by atoms with Gasteiger partial charge in [0.25, 0.3) is 0 Å². The molecule has 0 amide bonds. The third-order valence-corrected chi connectivity index (χ3v) is 5.86.